The zero-order valence-electron chi connectivity index (χ0n) is 12.7. The van der Waals surface area contributed by atoms with Crippen molar-refractivity contribution in [1.29, 1.82) is 0 Å². The number of rotatable bonds is 5. The second kappa shape index (κ2) is 7.87. The van der Waals surface area contributed by atoms with Crippen molar-refractivity contribution in [2.24, 2.45) is 0 Å². The van der Waals surface area contributed by atoms with Gasteiger partial charge in [0.15, 0.2) is 0 Å². The van der Waals surface area contributed by atoms with Gasteiger partial charge < -0.3 is 10.6 Å². The number of carbonyl (C=O) groups is 1. The summed E-state index contributed by atoms with van der Waals surface area (Å²) in [5.41, 5.74) is 2.33. The minimum Gasteiger partial charge on any atom is -0.365 e. The summed E-state index contributed by atoms with van der Waals surface area (Å²) in [5.74, 6) is 0.360. The van der Waals surface area contributed by atoms with Crippen molar-refractivity contribution in [1.82, 2.24) is 9.97 Å². The number of amides is 1. The highest BCUT2D eigenvalue weighted by Gasteiger charge is 2.12. The number of carbonyl (C=O) groups excluding carboxylic acids is 1. The predicted octanol–water partition coefficient (Wildman–Crippen LogP) is 3.95. The standard InChI is InChI=1S/C18H15IN4O/c19-14-3-5-15(6-4-14)23-18(24)16-2-1-9-21-17(16)22-12-13-7-10-20-11-8-13/h1-11H,12H2,(H,21,22)(H,23,24). The lowest BCUT2D eigenvalue weighted by Crippen LogP contribution is -2.15. The lowest BCUT2D eigenvalue weighted by molar-refractivity contribution is 0.102. The van der Waals surface area contributed by atoms with Crippen LogP contribution in [-0.2, 0) is 6.54 Å². The average Bonchev–Trinajstić information content (AvgIpc) is 2.63. The van der Waals surface area contributed by atoms with Gasteiger partial charge in [0, 0.05) is 34.4 Å². The third kappa shape index (κ3) is 4.29. The first-order valence-electron chi connectivity index (χ1n) is 7.37. The van der Waals surface area contributed by atoms with Crippen LogP contribution in [0.25, 0.3) is 0 Å². The van der Waals surface area contributed by atoms with Gasteiger partial charge >= 0.3 is 0 Å². The fraction of sp³-hybridized carbons (Fsp3) is 0.0556. The summed E-state index contributed by atoms with van der Waals surface area (Å²) in [4.78, 5) is 20.8. The van der Waals surface area contributed by atoms with Gasteiger partial charge in [-0.15, -0.1) is 0 Å². The molecule has 0 radical (unpaired) electrons. The van der Waals surface area contributed by atoms with Crippen molar-refractivity contribution < 1.29 is 4.79 Å². The second-order valence-electron chi connectivity index (χ2n) is 5.07. The van der Waals surface area contributed by atoms with Crippen LogP contribution >= 0.6 is 22.6 Å². The molecule has 2 N–H and O–H groups in total. The highest BCUT2D eigenvalue weighted by atomic mass is 127. The van der Waals surface area contributed by atoms with E-state index >= 15 is 0 Å². The van der Waals surface area contributed by atoms with Crippen LogP contribution in [0, 0.1) is 3.57 Å². The van der Waals surface area contributed by atoms with Crippen LogP contribution in [0.3, 0.4) is 0 Å². The molecule has 0 saturated carbocycles. The molecular weight excluding hydrogens is 415 g/mol. The van der Waals surface area contributed by atoms with Crippen LogP contribution in [0.2, 0.25) is 0 Å². The molecule has 0 aliphatic heterocycles. The SMILES string of the molecule is O=C(Nc1ccc(I)cc1)c1cccnc1NCc1ccncc1. The van der Waals surface area contributed by atoms with Gasteiger partial charge in [0.25, 0.3) is 5.91 Å². The molecule has 1 amide bonds. The summed E-state index contributed by atoms with van der Waals surface area (Å²) in [6.07, 6.45) is 5.14. The van der Waals surface area contributed by atoms with Gasteiger partial charge in [-0.25, -0.2) is 4.98 Å². The largest absolute Gasteiger partial charge is 0.365 e. The highest BCUT2D eigenvalue weighted by Crippen LogP contribution is 2.17. The molecule has 120 valence electrons. The van der Waals surface area contributed by atoms with Crippen molar-refractivity contribution in [3.05, 3.63) is 81.8 Å². The smallest absolute Gasteiger partial charge is 0.259 e. The molecule has 3 rings (SSSR count). The quantitative estimate of drug-likeness (QED) is 0.602. The van der Waals surface area contributed by atoms with Gasteiger partial charge in [0.1, 0.15) is 5.82 Å². The molecule has 24 heavy (non-hydrogen) atoms. The number of aromatic nitrogens is 2. The van der Waals surface area contributed by atoms with Gasteiger partial charge in [-0.2, -0.15) is 0 Å². The summed E-state index contributed by atoms with van der Waals surface area (Å²) >= 11 is 2.23. The molecule has 0 saturated heterocycles. The summed E-state index contributed by atoms with van der Waals surface area (Å²) in [5, 5.41) is 6.10. The minimum absolute atomic E-state index is 0.193. The molecule has 0 bridgehead atoms. The van der Waals surface area contributed by atoms with E-state index in [-0.39, 0.29) is 5.91 Å². The van der Waals surface area contributed by atoms with E-state index in [4.69, 9.17) is 0 Å². The van der Waals surface area contributed by atoms with Crippen LogP contribution in [0.15, 0.2) is 67.1 Å². The molecule has 3 aromatic rings. The Hall–Kier alpha value is -2.48. The predicted molar refractivity (Wildman–Crippen MR) is 103 cm³/mol. The van der Waals surface area contributed by atoms with Gasteiger partial charge in [-0.05, 0) is 76.7 Å². The van der Waals surface area contributed by atoms with E-state index in [1.54, 1.807) is 30.7 Å². The van der Waals surface area contributed by atoms with E-state index in [0.717, 1.165) is 14.8 Å². The fourth-order valence-corrected chi connectivity index (χ4v) is 2.51. The maximum atomic E-state index is 12.5. The third-order valence-corrected chi connectivity index (χ3v) is 4.08. The molecule has 0 aliphatic carbocycles. The Balaban J connectivity index is 1.73. The Morgan fingerprint density at radius 1 is 1.00 bits per heavy atom. The van der Waals surface area contributed by atoms with E-state index < -0.39 is 0 Å². The molecule has 2 heterocycles. The monoisotopic (exact) mass is 430 g/mol. The molecule has 5 nitrogen and oxygen atoms in total. The van der Waals surface area contributed by atoms with Gasteiger partial charge in [-0.1, -0.05) is 0 Å². The summed E-state index contributed by atoms with van der Waals surface area (Å²) in [7, 11) is 0. The molecule has 0 fully saturated rings. The lowest BCUT2D eigenvalue weighted by Gasteiger charge is -2.11. The van der Waals surface area contributed by atoms with Gasteiger partial charge in [0.05, 0.1) is 5.56 Å². The van der Waals surface area contributed by atoms with Crippen molar-refractivity contribution in [2.45, 2.75) is 6.54 Å². The Kier molecular flexibility index (Phi) is 5.37. The van der Waals surface area contributed by atoms with Crippen LogP contribution < -0.4 is 10.6 Å². The van der Waals surface area contributed by atoms with Crippen LogP contribution in [0.5, 0.6) is 0 Å². The van der Waals surface area contributed by atoms with Crippen molar-refractivity contribution >= 4 is 40.0 Å². The molecule has 1 aromatic carbocycles. The van der Waals surface area contributed by atoms with Crippen LogP contribution in [-0.4, -0.2) is 15.9 Å². The zero-order chi connectivity index (χ0) is 16.8. The zero-order valence-corrected chi connectivity index (χ0v) is 14.9. The number of anilines is 2. The number of halogens is 1. The van der Waals surface area contributed by atoms with Crippen molar-refractivity contribution in [3.8, 4) is 0 Å². The molecule has 6 heteroatoms. The maximum absolute atomic E-state index is 12.5. The number of nitrogens with one attached hydrogen (secondary N) is 2. The first-order valence-corrected chi connectivity index (χ1v) is 8.45. The first-order chi connectivity index (χ1) is 11.7. The van der Waals surface area contributed by atoms with Crippen LogP contribution in [0.4, 0.5) is 11.5 Å². The normalized spacial score (nSPS) is 10.2. The molecule has 0 spiro atoms. The van der Waals surface area contributed by atoms with E-state index in [2.05, 4.69) is 43.2 Å². The molecule has 2 aromatic heterocycles. The van der Waals surface area contributed by atoms with E-state index in [1.165, 1.54) is 0 Å². The number of hydrogen-bond acceptors (Lipinski definition) is 4. The molecule has 0 aliphatic rings. The van der Waals surface area contributed by atoms with Crippen molar-refractivity contribution in [2.75, 3.05) is 10.6 Å². The third-order valence-electron chi connectivity index (χ3n) is 3.36. The Bertz CT molecular complexity index is 822. The average molecular weight is 430 g/mol. The Labute approximate surface area is 153 Å². The van der Waals surface area contributed by atoms with E-state index in [0.29, 0.717) is 17.9 Å². The molecule has 0 unspecified atom stereocenters. The van der Waals surface area contributed by atoms with Gasteiger partial charge in [0.2, 0.25) is 0 Å². The molecular formula is C18H15IN4O. The van der Waals surface area contributed by atoms with Gasteiger partial charge in [-0.3, -0.25) is 9.78 Å². The Morgan fingerprint density at radius 3 is 2.50 bits per heavy atom. The molecule has 0 atom stereocenters. The number of hydrogen-bond donors (Lipinski definition) is 2. The summed E-state index contributed by atoms with van der Waals surface area (Å²) < 4.78 is 1.12. The topological polar surface area (TPSA) is 66.9 Å². The number of pyridine rings is 2. The number of benzene rings is 1. The Morgan fingerprint density at radius 2 is 1.75 bits per heavy atom. The highest BCUT2D eigenvalue weighted by molar-refractivity contribution is 14.1. The van der Waals surface area contributed by atoms with E-state index in [9.17, 15) is 4.79 Å². The summed E-state index contributed by atoms with van der Waals surface area (Å²) in [6.45, 7) is 0.573. The minimum atomic E-state index is -0.193. The maximum Gasteiger partial charge on any atom is 0.259 e. The first kappa shape index (κ1) is 16.4. The fourth-order valence-electron chi connectivity index (χ4n) is 2.15. The lowest BCUT2D eigenvalue weighted by atomic mass is 10.2. The van der Waals surface area contributed by atoms with E-state index in [1.807, 2.05) is 36.4 Å². The number of nitrogens with zero attached hydrogens (tertiary/aromatic N) is 2. The van der Waals surface area contributed by atoms with Crippen LogP contribution in [0.1, 0.15) is 15.9 Å². The van der Waals surface area contributed by atoms with Crippen molar-refractivity contribution in [3.63, 3.8) is 0 Å². The summed E-state index contributed by atoms with van der Waals surface area (Å²) in [6, 6.07) is 15.0. The second-order valence-corrected chi connectivity index (χ2v) is 6.32.